The monoisotopic (exact) mass is 214 g/mol. The number of rotatable bonds is 0. The van der Waals surface area contributed by atoms with Gasteiger partial charge in [-0.2, -0.15) is 0 Å². The zero-order valence-electron chi connectivity index (χ0n) is 6.91. The van der Waals surface area contributed by atoms with Crippen LogP contribution < -0.4 is 0 Å². The van der Waals surface area contributed by atoms with Crippen LogP contribution in [0.15, 0.2) is 28.5 Å². The van der Waals surface area contributed by atoms with E-state index in [9.17, 15) is 8.42 Å². The van der Waals surface area contributed by atoms with Crippen LogP contribution in [0.1, 0.15) is 11.1 Å². The van der Waals surface area contributed by atoms with E-state index in [0.717, 1.165) is 11.0 Å². The van der Waals surface area contributed by atoms with Crippen molar-refractivity contribution in [3.63, 3.8) is 0 Å². The molecule has 0 atom stereocenters. The van der Waals surface area contributed by atoms with Gasteiger partial charge in [0.05, 0.1) is 15.3 Å². The first-order chi connectivity index (χ1) is 6.00. The lowest BCUT2D eigenvalue weighted by Gasteiger charge is -1.99. The van der Waals surface area contributed by atoms with Gasteiger partial charge >= 0.3 is 0 Å². The van der Waals surface area contributed by atoms with E-state index in [2.05, 4.69) is 0 Å². The number of sulfone groups is 1. The molecule has 1 aromatic rings. The summed E-state index contributed by atoms with van der Waals surface area (Å²) in [7, 11) is -3.27. The Bertz CT molecular complexity index is 500. The van der Waals surface area contributed by atoms with E-state index in [0.29, 0.717) is 15.5 Å². The quantitative estimate of drug-likeness (QED) is 0.664. The highest BCUT2D eigenvalue weighted by Crippen LogP contribution is 2.35. The van der Waals surface area contributed by atoms with Gasteiger partial charge in [0.15, 0.2) is 0 Å². The fourth-order valence-corrected chi connectivity index (χ4v) is 3.17. The van der Waals surface area contributed by atoms with Gasteiger partial charge in [0.25, 0.3) is 0 Å². The van der Waals surface area contributed by atoms with Gasteiger partial charge in [-0.05, 0) is 19.1 Å². The molecule has 0 spiro atoms. The van der Waals surface area contributed by atoms with Gasteiger partial charge in [-0.1, -0.05) is 23.2 Å². The van der Waals surface area contributed by atoms with Gasteiger partial charge in [0.1, 0.15) is 0 Å². The van der Waals surface area contributed by atoms with Crippen LogP contribution in [0.25, 0.3) is 5.03 Å². The van der Waals surface area contributed by atoms with Crippen molar-refractivity contribution in [2.24, 2.45) is 0 Å². The van der Waals surface area contributed by atoms with E-state index in [1.165, 1.54) is 0 Å². The normalized spacial score (nSPS) is 18.2. The Morgan fingerprint density at radius 3 is 2.69 bits per heavy atom. The summed E-state index contributed by atoms with van der Waals surface area (Å²) in [5.74, 6) is 0. The molecule has 1 aliphatic rings. The zero-order chi connectivity index (χ0) is 9.64. The van der Waals surface area contributed by atoms with Gasteiger partial charge in [0.2, 0.25) is 9.84 Å². The molecule has 0 N–H and O–H groups in total. The molecule has 0 saturated heterocycles. The summed E-state index contributed by atoms with van der Waals surface area (Å²) in [4.78, 5) is 0.308. The summed E-state index contributed by atoms with van der Waals surface area (Å²) in [6.45, 7) is 1.90. The minimum absolute atomic E-state index is 0.304. The van der Waals surface area contributed by atoms with Crippen LogP contribution >= 0.6 is 11.6 Å². The third kappa shape index (κ3) is 1.28. The molecule has 0 unspecified atom stereocenters. The molecule has 0 saturated carbocycles. The molecular formula is C9H7ClO2S. The molecule has 2 rings (SSSR count). The summed E-state index contributed by atoms with van der Waals surface area (Å²) in [5.41, 5.74) is 1.61. The van der Waals surface area contributed by atoms with Gasteiger partial charge in [-0.3, -0.25) is 0 Å². The second-order valence-corrected chi connectivity index (χ2v) is 5.18. The summed E-state index contributed by atoms with van der Waals surface area (Å²) in [6, 6.07) is 5.13. The van der Waals surface area contributed by atoms with Crippen molar-refractivity contribution in [3.05, 3.63) is 34.7 Å². The molecule has 0 fully saturated rings. The molecule has 0 amide bonds. The molecule has 0 aliphatic carbocycles. The zero-order valence-corrected chi connectivity index (χ0v) is 8.48. The van der Waals surface area contributed by atoms with Crippen LogP contribution in [0, 0.1) is 6.92 Å². The molecule has 1 heterocycles. The lowest BCUT2D eigenvalue weighted by Crippen LogP contribution is -1.92. The molecule has 0 aromatic heterocycles. The highest BCUT2D eigenvalue weighted by Gasteiger charge is 2.25. The second kappa shape index (κ2) is 2.59. The lowest BCUT2D eigenvalue weighted by atomic mass is 10.1. The van der Waals surface area contributed by atoms with Crippen molar-refractivity contribution in [1.82, 2.24) is 0 Å². The third-order valence-electron chi connectivity index (χ3n) is 1.96. The lowest BCUT2D eigenvalue weighted by molar-refractivity contribution is 0.605. The minimum atomic E-state index is -3.27. The standard InChI is InChI=1S/C9H7ClO2S/c1-6-2-3-9-7(4-6)8(10)5-13(9,11)12/h2-5H,1H3. The number of fused-ring (bicyclic) bond motifs is 1. The largest absolute Gasteiger partial charge is 0.219 e. The maximum Gasteiger partial charge on any atom is 0.201 e. The van der Waals surface area contributed by atoms with Crippen molar-refractivity contribution >= 4 is 26.5 Å². The predicted molar refractivity (Wildman–Crippen MR) is 52.2 cm³/mol. The van der Waals surface area contributed by atoms with Crippen LogP contribution in [0.4, 0.5) is 0 Å². The van der Waals surface area contributed by atoms with Crippen molar-refractivity contribution in [3.8, 4) is 0 Å². The number of hydrogen-bond acceptors (Lipinski definition) is 2. The average molecular weight is 215 g/mol. The maximum atomic E-state index is 11.4. The first-order valence-electron chi connectivity index (χ1n) is 3.74. The fraction of sp³-hybridized carbons (Fsp3) is 0.111. The Morgan fingerprint density at radius 1 is 1.31 bits per heavy atom. The van der Waals surface area contributed by atoms with Crippen molar-refractivity contribution in [1.29, 1.82) is 0 Å². The maximum absolute atomic E-state index is 11.4. The van der Waals surface area contributed by atoms with E-state index < -0.39 is 9.84 Å². The second-order valence-electron chi connectivity index (χ2n) is 3.01. The first-order valence-corrected chi connectivity index (χ1v) is 5.66. The SMILES string of the molecule is Cc1ccc2c(c1)C(Cl)=CS2(=O)=O. The van der Waals surface area contributed by atoms with Gasteiger partial charge < -0.3 is 0 Å². The van der Waals surface area contributed by atoms with E-state index in [4.69, 9.17) is 11.6 Å². The molecular weight excluding hydrogens is 208 g/mol. The van der Waals surface area contributed by atoms with E-state index >= 15 is 0 Å². The molecule has 68 valence electrons. The van der Waals surface area contributed by atoms with Gasteiger partial charge in [-0.25, -0.2) is 8.42 Å². The van der Waals surface area contributed by atoms with Crippen LogP contribution in [-0.4, -0.2) is 8.42 Å². The smallest absolute Gasteiger partial charge is 0.201 e. The van der Waals surface area contributed by atoms with Crippen molar-refractivity contribution in [2.45, 2.75) is 11.8 Å². The van der Waals surface area contributed by atoms with Crippen LogP contribution in [-0.2, 0) is 9.84 Å². The average Bonchev–Trinajstić information content (AvgIpc) is 2.22. The Hall–Kier alpha value is -0.800. The van der Waals surface area contributed by atoms with Crippen molar-refractivity contribution < 1.29 is 8.42 Å². The number of halogens is 1. The summed E-state index contributed by atoms with van der Waals surface area (Å²) >= 11 is 5.78. The molecule has 1 aromatic carbocycles. The Kier molecular flexibility index (Phi) is 1.75. The highest BCUT2D eigenvalue weighted by molar-refractivity contribution is 7.95. The topological polar surface area (TPSA) is 34.1 Å². The molecule has 0 bridgehead atoms. The van der Waals surface area contributed by atoms with E-state index in [1.807, 2.05) is 6.92 Å². The molecule has 13 heavy (non-hydrogen) atoms. The molecule has 2 nitrogen and oxygen atoms in total. The van der Waals surface area contributed by atoms with E-state index in [-0.39, 0.29) is 0 Å². The number of benzene rings is 1. The Morgan fingerprint density at radius 2 is 2.00 bits per heavy atom. The molecule has 4 heteroatoms. The van der Waals surface area contributed by atoms with Crippen molar-refractivity contribution in [2.75, 3.05) is 0 Å². The van der Waals surface area contributed by atoms with Crippen LogP contribution in [0.5, 0.6) is 0 Å². The summed E-state index contributed by atoms with van der Waals surface area (Å²) in [6.07, 6.45) is 0. The number of aryl methyl sites for hydroxylation is 1. The van der Waals surface area contributed by atoms with Gasteiger partial charge in [0, 0.05) is 5.56 Å². The number of hydrogen-bond donors (Lipinski definition) is 0. The third-order valence-corrected chi connectivity index (χ3v) is 3.91. The van der Waals surface area contributed by atoms with Crippen LogP contribution in [0.2, 0.25) is 0 Å². The predicted octanol–water partition coefficient (Wildman–Crippen LogP) is 2.32. The molecule has 1 aliphatic heterocycles. The Balaban J connectivity index is 2.82. The minimum Gasteiger partial charge on any atom is -0.219 e. The van der Waals surface area contributed by atoms with Gasteiger partial charge in [-0.15, -0.1) is 0 Å². The highest BCUT2D eigenvalue weighted by atomic mass is 35.5. The van der Waals surface area contributed by atoms with Crippen LogP contribution in [0.3, 0.4) is 0 Å². The van der Waals surface area contributed by atoms with E-state index in [1.54, 1.807) is 18.2 Å². The fourth-order valence-electron chi connectivity index (χ4n) is 1.34. The molecule has 0 radical (unpaired) electrons. The summed E-state index contributed by atoms with van der Waals surface area (Å²) < 4.78 is 22.8. The Labute approximate surface area is 81.8 Å². The first kappa shape index (κ1) is 8.78. The summed E-state index contributed by atoms with van der Waals surface area (Å²) in [5, 5.41) is 1.40.